The third kappa shape index (κ3) is 4.61. The molecule has 0 radical (unpaired) electrons. The Hall–Kier alpha value is -2.63. The Morgan fingerprint density at radius 2 is 1.54 bits per heavy atom. The van der Waals surface area contributed by atoms with Crippen LogP contribution in [-0.2, 0) is 20.0 Å². The molecule has 11 heteroatoms. The topological polar surface area (TPSA) is 133 Å². The highest BCUT2D eigenvalue weighted by Gasteiger charge is 2.22. The maximum absolute atomic E-state index is 12.7. The van der Waals surface area contributed by atoms with Crippen molar-refractivity contribution in [3.05, 3.63) is 48.0 Å². The van der Waals surface area contributed by atoms with Gasteiger partial charge in [-0.25, -0.2) is 25.9 Å². The van der Waals surface area contributed by atoms with Gasteiger partial charge in [0.2, 0.25) is 10.0 Å². The zero-order valence-electron chi connectivity index (χ0n) is 15.5. The van der Waals surface area contributed by atoms with Gasteiger partial charge in [0.1, 0.15) is 0 Å². The average molecular weight is 428 g/mol. The Bertz CT molecular complexity index is 1080. The van der Waals surface area contributed by atoms with E-state index in [0.29, 0.717) is 12.2 Å². The molecule has 0 saturated heterocycles. The second-order valence-electron chi connectivity index (χ2n) is 5.96. The van der Waals surface area contributed by atoms with Crippen molar-refractivity contribution in [1.82, 2.24) is 4.31 Å². The van der Waals surface area contributed by atoms with Crippen molar-refractivity contribution < 1.29 is 26.7 Å². The van der Waals surface area contributed by atoms with Gasteiger partial charge in [0.15, 0.2) is 0 Å². The molecule has 2 aromatic carbocycles. The molecule has 0 aliphatic heterocycles. The van der Waals surface area contributed by atoms with Crippen LogP contribution in [0.25, 0.3) is 0 Å². The van der Waals surface area contributed by atoms with E-state index in [-0.39, 0.29) is 21.0 Å². The number of sulfonamides is 2. The summed E-state index contributed by atoms with van der Waals surface area (Å²) in [6, 6.07) is 8.77. The summed E-state index contributed by atoms with van der Waals surface area (Å²) in [6.45, 7) is 2.30. The first-order valence-corrected chi connectivity index (χ1v) is 11.1. The highest BCUT2D eigenvalue weighted by Crippen LogP contribution is 2.29. The minimum absolute atomic E-state index is 0.0497. The van der Waals surface area contributed by atoms with Crippen LogP contribution in [-0.4, -0.2) is 52.9 Å². The lowest BCUT2D eigenvalue weighted by Crippen LogP contribution is -2.22. The van der Waals surface area contributed by atoms with Crippen LogP contribution in [0.4, 0.5) is 11.4 Å². The summed E-state index contributed by atoms with van der Waals surface area (Å²) in [5.74, 6) is -1.17. The van der Waals surface area contributed by atoms with Gasteiger partial charge in [0.05, 0.1) is 26.7 Å². The normalized spacial score (nSPS) is 12.0. The van der Waals surface area contributed by atoms with Crippen molar-refractivity contribution in [2.24, 2.45) is 0 Å². The van der Waals surface area contributed by atoms with Crippen LogP contribution in [0.2, 0.25) is 0 Å². The van der Waals surface area contributed by atoms with Crippen LogP contribution in [0.15, 0.2) is 52.3 Å². The van der Waals surface area contributed by atoms with Crippen LogP contribution < -0.4 is 10.0 Å². The van der Waals surface area contributed by atoms with Crippen molar-refractivity contribution in [1.29, 1.82) is 0 Å². The van der Waals surface area contributed by atoms with Gasteiger partial charge in [-0.15, -0.1) is 0 Å². The molecule has 0 amide bonds. The molecule has 0 unspecified atom stereocenters. The lowest BCUT2D eigenvalue weighted by atomic mass is 10.2. The molecule has 2 aromatic rings. The zero-order valence-corrected chi connectivity index (χ0v) is 17.1. The largest absolute Gasteiger partial charge is 0.478 e. The molecule has 0 bridgehead atoms. The van der Waals surface area contributed by atoms with Gasteiger partial charge in [0.25, 0.3) is 10.0 Å². The number of carboxylic acid groups (broad SMARTS) is 1. The lowest BCUT2D eigenvalue weighted by Gasteiger charge is -2.17. The number of nitrogens with zero attached hydrogens (tertiary/aromatic N) is 1. The van der Waals surface area contributed by atoms with E-state index in [1.165, 1.54) is 56.6 Å². The predicted octanol–water partition coefficient (Wildman–Crippen LogP) is 1.87. The second-order valence-corrected chi connectivity index (χ2v) is 9.79. The van der Waals surface area contributed by atoms with E-state index >= 15 is 0 Å². The molecule has 0 heterocycles. The third-order valence-corrected chi connectivity index (χ3v) is 6.99. The molecule has 0 aliphatic carbocycles. The van der Waals surface area contributed by atoms with Crippen LogP contribution in [0.3, 0.4) is 0 Å². The number of benzene rings is 2. The quantitative estimate of drug-likeness (QED) is 0.586. The number of aromatic carboxylic acids is 1. The Kier molecular flexibility index (Phi) is 6.32. The summed E-state index contributed by atoms with van der Waals surface area (Å²) < 4.78 is 53.5. The molecule has 0 fully saturated rings. The molecule has 0 atom stereocenters. The summed E-state index contributed by atoms with van der Waals surface area (Å²) in [5, 5.41) is 11.9. The molecule has 0 saturated carbocycles. The first kappa shape index (κ1) is 21.7. The van der Waals surface area contributed by atoms with Crippen molar-refractivity contribution in [3.63, 3.8) is 0 Å². The lowest BCUT2D eigenvalue weighted by molar-refractivity contribution is 0.0696. The van der Waals surface area contributed by atoms with Crippen molar-refractivity contribution in [3.8, 4) is 0 Å². The summed E-state index contributed by atoms with van der Waals surface area (Å²) in [4.78, 5) is 10.7. The Balaban J connectivity index is 2.48. The molecular weight excluding hydrogens is 406 g/mol. The maximum atomic E-state index is 12.7. The Morgan fingerprint density at radius 1 is 0.964 bits per heavy atom. The molecule has 2 rings (SSSR count). The number of hydrogen-bond donors (Lipinski definition) is 3. The van der Waals surface area contributed by atoms with Crippen LogP contribution in [0.5, 0.6) is 0 Å². The van der Waals surface area contributed by atoms with Gasteiger partial charge >= 0.3 is 5.97 Å². The monoisotopic (exact) mass is 427 g/mol. The standard InChI is InChI=1S/C17H21N3O6S2/c1-4-18-15-10-9-14(28(25,26)20(2)3)11-16(15)19-27(23,24)13-7-5-12(6-8-13)17(21)22/h5-11,18-19H,4H2,1-3H3,(H,21,22). The van der Waals surface area contributed by atoms with E-state index in [4.69, 9.17) is 5.11 Å². The van der Waals surface area contributed by atoms with Gasteiger partial charge in [-0.1, -0.05) is 0 Å². The molecule has 0 spiro atoms. The number of rotatable bonds is 8. The summed E-state index contributed by atoms with van der Waals surface area (Å²) in [5.41, 5.74) is 0.421. The molecule has 0 aromatic heterocycles. The van der Waals surface area contributed by atoms with Crippen LogP contribution in [0, 0.1) is 0 Å². The number of hydrogen-bond acceptors (Lipinski definition) is 6. The number of anilines is 2. The van der Waals surface area contributed by atoms with Crippen molar-refractivity contribution >= 4 is 37.4 Å². The first-order chi connectivity index (χ1) is 13.0. The SMILES string of the molecule is CCNc1ccc(S(=O)(=O)N(C)C)cc1NS(=O)(=O)c1ccc(C(=O)O)cc1. The molecule has 0 aliphatic rings. The minimum Gasteiger partial charge on any atom is -0.478 e. The van der Waals surface area contributed by atoms with E-state index < -0.39 is 26.0 Å². The average Bonchev–Trinajstić information content (AvgIpc) is 2.63. The molecule has 152 valence electrons. The fraction of sp³-hybridized carbons (Fsp3) is 0.235. The van der Waals surface area contributed by atoms with Crippen LogP contribution in [0.1, 0.15) is 17.3 Å². The highest BCUT2D eigenvalue weighted by molar-refractivity contribution is 7.92. The van der Waals surface area contributed by atoms with Crippen molar-refractivity contribution in [2.45, 2.75) is 16.7 Å². The minimum atomic E-state index is -4.07. The van der Waals surface area contributed by atoms with Gasteiger partial charge in [-0.3, -0.25) is 4.72 Å². The number of carboxylic acids is 1. The summed E-state index contributed by atoms with van der Waals surface area (Å²) in [7, 11) is -5.08. The van der Waals surface area contributed by atoms with E-state index in [0.717, 1.165) is 4.31 Å². The molecule has 9 nitrogen and oxygen atoms in total. The van der Waals surface area contributed by atoms with E-state index in [9.17, 15) is 21.6 Å². The Labute approximate surface area is 164 Å². The van der Waals surface area contributed by atoms with Gasteiger partial charge in [-0.05, 0) is 49.4 Å². The fourth-order valence-electron chi connectivity index (χ4n) is 2.30. The van der Waals surface area contributed by atoms with E-state index in [2.05, 4.69) is 10.0 Å². The zero-order chi connectivity index (χ0) is 21.1. The van der Waals surface area contributed by atoms with E-state index in [1.807, 2.05) is 6.92 Å². The predicted molar refractivity (Wildman–Crippen MR) is 106 cm³/mol. The van der Waals surface area contributed by atoms with Gasteiger partial charge in [-0.2, -0.15) is 0 Å². The maximum Gasteiger partial charge on any atom is 0.335 e. The highest BCUT2D eigenvalue weighted by atomic mass is 32.2. The number of nitrogens with one attached hydrogen (secondary N) is 2. The van der Waals surface area contributed by atoms with Crippen LogP contribution >= 0.6 is 0 Å². The molecule has 28 heavy (non-hydrogen) atoms. The third-order valence-electron chi connectivity index (χ3n) is 3.79. The molecule has 3 N–H and O–H groups in total. The number of carbonyl (C=O) groups is 1. The molecular formula is C17H21N3O6S2. The Morgan fingerprint density at radius 3 is 2.04 bits per heavy atom. The van der Waals surface area contributed by atoms with E-state index in [1.54, 1.807) is 0 Å². The van der Waals surface area contributed by atoms with Gasteiger partial charge in [0, 0.05) is 20.6 Å². The fourth-order valence-corrected chi connectivity index (χ4v) is 4.30. The smallest absolute Gasteiger partial charge is 0.335 e. The van der Waals surface area contributed by atoms with Crippen molar-refractivity contribution in [2.75, 3.05) is 30.7 Å². The summed E-state index contributed by atoms with van der Waals surface area (Å²) >= 11 is 0. The first-order valence-electron chi connectivity index (χ1n) is 8.15. The summed E-state index contributed by atoms with van der Waals surface area (Å²) in [6.07, 6.45) is 0. The second kappa shape index (κ2) is 8.17. The van der Waals surface area contributed by atoms with Gasteiger partial charge < -0.3 is 10.4 Å².